The number of pyridine rings is 1. The first kappa shape index (κ1) is 19.3. The van der Waals surface area contributed by atoms with Crippen LogP contribution in [0.15, 0.2) is 42.6 Å². The summed E-state index contributed by atoms with van der Waals surface area (Å²) >= 11 is 0. The van der Waals surface area contributed by atoms with Crippen LogP contribution in [0.2, 0.25) is 0 Å². The van der Waals surface area contributed by atoms with Gasteiger partial charge in [-0.1, -0.05) is 17.7 Å². The van der Waals surface area contributed by atoms with Crippen molar-refractivity contribution in [2.24, 2.45) is 0 Å². The summed E-state index contributed by atoms with van der Waals surface area (Å²) < 4.78 is 5.64. The van der Waals surface area contributed by atoms with E-state index in [1.165, 1.54) is 16.0 Å². The number of anilines is 1. The molecule has 3 amide bonds. The standard InChI is InChI=1S/C20H22N4O4/c1-3-23-10-11-24(20(27)19(23)26)13-17(25)22-15-6-9-18(21-12-15)28-16-7-4-14(2)5-8-16/h4-9,12H,3,10-11,13H2,1-2H3,(H,22,25). The van der Waals surface area contributed by atoms with Gasteiger partial charge in [0.1, 0.15) is 12.3 Å². The number of aryl methyl sites for hydroxylation is 1. The molecule has 0 radical (unpaired) electrons. The first-order valence-corrected chi connectivity index (χ1v) is 9.05. The molecule has 0 bridgehead atoms. The van der Waals surface area contributed by atoms with Gasteiger partial charge in [0.15, 0.2) is 0 Å². The van der Waals surface area contributed by atoms with E-state index in [1.54, 1.807) is 12.1 Å². The summed E-state index contributed by atoms with van der Waals surface area (Å²) in [6, 6.07) is 10.9. The van der Waals surface area contributed by atoms with Crippen LogP contribution in [0.4, 0.5) is 5.69 Å². The largest absolute Gasteiger partial charge is 0.439 e. The number of amides is 3. The lowest BCUT2D eigenvalue weighted by Crippen LogP contribution is -2.55. The molecule has 0 atom stereocenters. The molecule has 0 saturated carbocycles. The highest BCUT2D eigenvalue weighted by atomic mass is 16.5. The molecule has 0 aliphatic carbocycles. The van der Waals surface area contributed by atoms with Crippen molar-refractivity contribution in [2.45, 2.75) is 13.8 Å². The van der Waals surface area contributed by atoms with Gasteiger partial charge >= 0.3 is 11.8 Å². The number of hydrogen-bond acceptors (Lipinski definition) is 5. The molecule has 1 aromatic heterocycles. The normalized spacial score (nSPS) is 14.2. The third-order valence-corrected chi connectivity index (χ3v) is 4.38. The highest BCUT2D eigenvalue weighted by molar-refractivity contribution is 6.35. The minimum atomic E-state index is -0.650. The Balaban J connectivity index is 1.54. The number of likely N-dealkylation sites (N-methyl/N-ethyl adjacent to an activating group) is 1. The number of benzene rings is 1. The van der Waals surface area contributed by atoms with Gasteiger partial charge in [-0.15, -0.1) is 0 Å². The summed E-state index contributed by atoms with van der Waals surface area (Å²) in [6.07, 6.45) is 1.48. The van der Waals surface area contributed by atoms with Crippen LogP contribution in [0.1, 0.15) is 12.5 Å². The van der Waals surface area contributed by atoms with Gasteiger partial charge in [0.05, 0.1) is 11.9 Å². The number of carbonyl (C=O) groups is 3. The lowest BCUT2D eigenvalue weighted by molar-refractivity contribution is -0.156. The van der Waals surface area contributed by atoms with E-state index in [-0.39, 0.29) is 12.5 Å². The third-order valence-electron chi connectivity index (χ3n) is 4.38. The molecule has 1 fully saturated rings. The zero-order valence-corrected chi connectivity index (χ0v) is 15.8. The van der Waals surface area contributed by atoms with Crippen LogP contribution in [0, 0.1) is 6.92 Å². The molecule has 8 nitrogen and oxygen atoms in total. The van der Waals surface area contributed by atoms with Crippen LogP contribution < -0.4 is 10.1 Å². The zero-order chi connectivity index (χ0) is 20.1. The second-order valence-electron chi connectivity index (χ2n) is 6.46. The topological polar surface area (TPSA) is 91.8 Å². The molecular formula is C20H22N4O4. The summed E-state index contributed by atoms with van der Waals surface area (Å²) in [6.45, 7) is 4.88. The van der Waals surface area contributed by atoms with Crippen LogP contribution in [-0.2, 0) is 14.4 Å². The minimum Gasteiger partial charge on any atom is -0.439 e. The van der Waals surface area contributed by atoms with Gasteiger partial charge in [-0.2, -0.15) is 0 Å². The quantitative estimate of drug-likeness (QED) is 0.770. The molecular weight excluding hydrogens is 360 g/mol. The Kier molecular flexibility index (Phi) is 5.88. The van der Waals surface area contributed by atoms with E-state index >= 15 is 0 Å². The number of piperazine rings is 1. The first-order chi connectivity index (χ1) is 13.5. The Morgan fingerprint density at radius 2 is 1.75 bits per heavy atom. The molecule has 1 aliphatic heterocycles. The Labute approximate surface area is 163 Å². The summed E-state index contributed by atoms with van der Waals surface area (Å²) in [5, 5.41) is 2.67. The van der Waals surface area contributed by atoms with E-state index in [4.69, 9.17) is 4.74 Å². The molecule has 1 N–H and O–H groups in total. The average molecular weight is 382 g/mol. The summed E-state index contributed by atoms with van der Waals surface area (Å²) in [4.78, 5) is 43.0. The molecule has 146 valence electrons. The second-order valence-corrected chi connectivity index (χ2v) is 6.46. The number of rotatable bonds is 6. The van der Waals surface area contributed by atoms with Crippen molar-refractivity contribution in [3.63, 3.8) is 0 Å². The van der Waals surface area contributed by atoms with E-state index in [0.29, 0.717) is 37.0 Å². The summed E-state index contributed by atoms with van der Waals surface area (Å²) in [7, 11) is 0. The lowest BCUT2D eigenvalue weighted by Gasteiger charge is -2.32. The highest BCUT2D eigenvalue weighted by Gasteiger charge is 2.32. The average Bonchev–Trinajstić information content (AvgIpc) is 2.69. The van der Waals surface area contributed by atoms with Crippen molar-refractivity contribution in [1.82, 2.24) is 14.8 Å². The number of aromatic nitrogens is 1. The van der Waals surface area contributed by atoms with Gasteiger partial charge in [-0.3, -0.25) is 14.4 Å². The molecule has 28 heavy (non-hydrogen) atoms. The van der Waals surface area contributed by atoms with Gasteiger partial charge in [0.25, 0.3) is 0 Å². The number of nitrogens with one attached hydrogen (secondary N) is 1. The first-order valence-electron chi connectivity index (χ1n) is 9.05. The molecule has 8 heteroatoms. The Bertz CT molecular complexity index is 865. The fourth-order valence-electron chi connectivity index (χ4n) is 2.78. The zero-order valence-electron chi connectivity index (χ0n) is 15.8. The second kappa shape index (κ2) is 8.51. The fraction of sp³-hybridized carbons (Fsp3) is 0.300. The maximum absolute atomic E-state index is 12.2. The molecule has 2 aromatic rings. The van der Waals surface area contributed by atoms with Gasteiger partial charge in [-0.05, 0) is 32.0 Å². The van der Waals surface area contributed by atoms with Crippen LogP contribution in [-0.4, -0.2) is 58.7 Å². The molecule has 0 spiro atoms. The predicted octanol–water partition coefficient (Wildman–Crippen LogP) is 1.81. The van der Waals surface area contributed by atoms with Crippen molar-refractivity contribution in [3.05, 3.63) is 48.2 Å². The fourth-order valence-corrected chi connectivity index (χ4v) is 2.78. The Hall–Kier alpha value is -3.42. The predicted molar refractivity (Wildman–Crippen MR) is 103 cm³/mol. The van der Waals surface area contributed by atoms with Gasteiger partial charge in [0, 0.05) is 25.7 Å². The van der Waals surface area contributed by atoms with E-state index in [2.05, 4.69) is 10.3 Å². The molecule has 1 saturated heterocycles. The van der Waals surface area contributed by atoms with Crippen LogP contribution in [0.3, 0.4) is 0 Å². The van der Waals surface area contributed by atoms with Crippen molar-refractivity contribution < 1.29 is 19.1 Å². The number of nitrogens with zero attached hydrogens (tertiary/aromatic N) is 3. The van der Waals surface area contributed by atoms with Crippen LogP contribution >= 0.6 is 0 Å². The van der Waals surface area contributed by atoms with Crippen LogP contribution in [0.25, 0.3) is 0 Å². The molecule has 2 heterocycles. The van der Waals surface area contributed by atoms with E-state index in [1.807, 2.05) is 38.1 Å². The van der Waals surface area contributed by atoms with Crippen molar-refractivity contribution in [3.8, 4) is 11.6 Å². The summed E-state index contributed by atoms with van der Waals surface area (Å²) in [5.41, 5.74) is 1.61. The SMILES string of the molecule is CCN1CCN(CC(=O)Nc2ccc(Oc3ccc(C)cc3)nc2)C(=O)C1=O. The smallest absolute Gasteiger partial charge is 0.312 e. The maximum Gasteiger partial charge on any atom is 0.312 e. The minimum absolute atomic E-state index is 0.177. The van der Waals surface area contributed by atoms with Crippen molar-refractivity contribution in [1.29, 1.82) is 0 Å². The molecule has 3 rings (SSSR count). The highest BCUT2D eigenvalue weighted by Crippen LogP contribution is 2.20. The Morgan fingerprint density at radius 1 is 1.07 bits per heavy atom. The van der Waals surface area contributed by atoms with Crippen LogP contribution in [0.5, 0.6) is 11.6 Å². The van der Waals surface area contributed by atoms with Gasteiger partial charge in [0.2, 0.25) is 11.8 Å². The van der Waals surface area contributed by atoms with E-state index in [9.17, 15) is 14.4 Å². The third kappa shape index (κ3) is 4.64. The van der Waals surface area contributed by atoms with Gasteiger partial charge < -0.3 is 19.9 Å². The maximum atomic E-state index is 12.2. The monoisotopic (exact) mass is 382 g/mol. The van der Waals surface area contributed by atoms with E-state index in [0.717, 1.165) is 5.56 Å². The Morgan fingerprint density at radius 3 is 2.39 bits per heavy atom. The summed E-state index contributed by atoms with van der Waals surface area (Å²) in [5.74, 6) is -0.535. The number of ether oxygens (including phenoxy) is 1. The molecule has 1 aliphatic rings. The molecule has 0 unspecified atom stereocenters. The van der Waals surface area contributed by atoms with Crippen molar-refractivity contribution >= 4 is 23.4 Å². The van der Waals surface area contributed by atoms with Crippen molar-refractivity contribution in [2.75, 3.05) is 31.5 Å². The van der Waals surface area contributed by atoms with Gasteiger partial charge in [-0.25, -0.2) is 4.98 Å². The lowest BCUT2D eigenvalue weighted by atomic mass is 10.2. The van der Waals surface area contributed by atoms with E-state index < -0.39 is 11.8 Å². The number of carbonyl (C=O) groups excluding carboxylic acids is 3. The number of hydrogen-bond donors (Lipinski definition) is 1. The molecule has 1 aromatic carbocycles.